The summed E-state index contributed by atoms with van der Waals surface area (Å²) in [4.78, 5) is 19.2. The van der Waals surface area contributed by atoms with E-state index in [0.717, 1.165) is 16.6 Å². The number of nitrogens with zero attached hydrogens (tertiary/aromatic N) is 3. The maximum Gasteiger partial charge on any atom is 0.230 e. The van der Waals surface area contributed by atoms with Gasteiger partial charge in [-0.25, -0.2) is 4.98 Å². The first kappa shape index (κ1) is 16.9. The molecule has 0 aliphatic carbocycles. The number of carbonyl (C=O) groups is 1. The Morgan fingerprint density at radius 1 is 1.11 bits per heavy atom. The lowest BCUT2D eigenvalue weighted by atomic mass is 10.2. The first-order valence-corrected chi connectivity index (χ1v) is 9.08. The van der Waals surface area contributed by atoms with Crippen molar-refractivity contribution in [1.82, 2.24) is 9.97 Å². The lowest BCUT2D eigenvalue weighted by Gasteiger charge is -2.02. The molecule has 0 spiro atoms. The highest BCUT2D eigenvalue weighted by atomic mass is 32.1. The number of azo groups is 1. The summed E-state index contributed by atoms with van der Waals surface area (Å²) in [5, 5.41) is 24.0. The molecule has 1 amide bonds. The van der Waals surface area contributed by atoms with E-state index >= 15 is 0 Å². The van der Waals surface area contributed by atoms with Crippen LogP contribution in [-0.4, -0.2) is 21.0 Å². The molecule has 0 saturated heterocycles. The van der Waals surface area contributed by atoms with Crippen LogP contribution in [0.3, 0.4) is 0 Å². The fraction of sp³-hybridized carbons (Fsp3) is 0.0526. The summed E-state index contributed by atoms with van der Waals surface area (Å²) in [6.07, 6.45) is 0.152. The smallest absolute Gasteiger partial charge is 0.230 e. The van der Waals surface area contributed by atoms with Gasteiger partial charge in [-0.1, -0.05) is 36.4 Å². The number of aromatic hydroxyl groups is 1. The van der Waals surface area contributed by atoms with E-state index < -0.39 is 0 Å². The highest BCUT2D eigenvalue weighted by Crippen LogP contribution is 2.36. The molecule has 0 bridgehead atoms. The molecule has 8 heteroatoms. The second-order valence-electron chi connectivity index (χ2n) is 5.78. The molecule has 4 aromatic rings. The average Bonchev–Trinajstić information content (AvgIpc) is 3.24. The second kappa shape index (κ2) is 7.38. The summed E-state index contributed by atoms with van der Waals surface area (Å²) < 4.78 is 0. The van der Waals surface area contributed by atoms with Crippen LogP contribution >= 0.6 is 11.3 Å². The number of para-hydroxylation sites is 2. The molecule has 2 heterocycles. The van der Waals surface area contributed by atoms with Gasteiger partial charge in [0.15, 0.2) is 5.69 Å². The Kier molecular flexibility index (Phi) is 4.63. The molecule has 27 heavy (non-hydrogen) atoms. The van der Waals surface area contributed by atoms with Crippen molar-refractivity contribution in [3.63, 3.8) is 0 Å². The number of aromatic amines is 1. The van der Waals surface area contributed by atoms with Crippen LogP contribution in [0.25, 0.3) is 10.9 Å². The Morgan fingerprint density at radius 2 is 1.89 bits per heavy atom. The number of carbonyl (C=O) groups excluding carboxylic acids is 1. The third kappa shape index (κ3) is 3.85. The highest BCUT2D eigenvalue weighted by Gasteiger charge is 2.11. The van der Waals surface area contributed by atoms with Gasteiger partial charge in [-0.3, -0.25) is 4.79 Å². The maximum absolute atomic E-state index is 12.1. The van der Waals surface area contributed by atoms with E-state index in [1.807, 2.05) is 54.6 Å². The minimum atomic E-state index is -0.149. The predicted molar refractivity (Wildman–Crippen MR) is 105 cm³/mol. The molecule has 2 aromatic carbocycles. The van der Waals surface area contributed by atoms with Crippen molar-refractivity contribution in [1.29, 1.82) is 0 Å². The van der Waals surface area contributed by atoms with Crippen LogP contribution in [0, 0.1) is 0 Å². The summed E-state index contributed by atoms with van der Waals surface area (Å²) in [5.74, 6) is -0.191. The molecule has 134 valence electrons. The van der Waals surface area contributed by atoms with E-state index in [4.69, 9.17) is 0 Å². The molecule has 0 saturated carbocycles. The van der Waals surface area contributed by atoms with Crippen LogP contribution in [0.15, 0.2) is 70.2 Å². The zero-order chi connectivity index (χ0) is 18.6. The van der Waals surface area contributed by atoms with E-state index in [9.17, 15) is 9.90 Å². The van der Waals surface area contributed by atoms with Gasteiger partial charge in [0.1, 0.15) is 0 Å². The third-order valence-electron chi connectivity index (χ3n) is 3.83. The van der Waals surface area contributed by atoms with Crippen molar-refractivity contribution >= 4 is 44.7 Å². The van der Waals surface area contributed by atoms with Crippen molar-refractivity contribution in [3.8, 4) is 5.88 Å². The second-order valence-corrected chi connectivity index (χ2v) is 6.62. The molecule has 4 rings (SSSR count). The van der Waals surface area contributed by atoms with Gasteiger partial charge in [0.2, 0.25) is 16.9 Å². The summed E-state index contributed by atoms with van der Waals surface area (Å²) in [6, 6.07) is 16.7. The van der Waals surface area contributed by atoms with Crippen molar-refractivity contribution in [2.75, 3.05) is 5.32 Å². The Labute approximate surface area is 158 Å². The van der Waals surface area contributed by atoms with Gasteiger partial charge >= 0.3 is 0 Å². The van der Waals surface area contributed by atoms with Crippen LogP contribution in [0.5, 0.6) is 5.88 Å². The van der Waals surface area contributed by atoms with E-state index in [-0.39, 0.29) is 18.2 Å². The standard InChI is InChI=1S/C19H15N5O2S/c25-16(20-12-6-2-1-3-7-12)10-13-11-27-19(21-13)24-23-17-14-8-4-5-9-15(14)22-18(17)26/h1-9,11,22,26H,10H2,(H,20,25). The monoisotopic (exact) mass is 377 g/mol. The first-order chi connectivity index (χ1) is 13.2. The number of thiazole rings is 1. The quantitative estimate of drug-likeness (QED) is 0.430. The van der Waals surface area contributed by atoms with Crippen molar-refractivity contribution in [2.24, 2.45) is 10.2 Å². The summed E-state index contributed by atoms with van der Waals surface area (Å²) in [5.41, 5.74) is 2.50. The molecule has 7 nitrogen and oxygen atoms in total. The molecule has 2 aromatic heterocycles. The molecule has 0 atom stereocenters. The highest BCUT2D eigenvalue weighted by molar-refractivity contribution is 7.13. The fourth-order valence-electron chi connectivity index (χ4n) is 2.62. The minimum absolute atomic E-state index is 0.0426. The van der Waals surface area contributed by atoms with Crippen LogP contribution in [0.4, 0.5) is 16.5 Å². The Morgan fingerprint density at radius 3 is 2.74 bits per heavy atom. The van der Waals surface area contributed by atoms with Gasteiger partial charge in [0, 0.05) is 16.5 Å². The number of amides is 1. The number of hydrogen-bond acceptors (Lipinski definition) is 6. The van der Waals surface area contributed by atoms with Gasteiger partial charge in [-0.05, 0) is 18.2 Å². The van der Waals surface area contributed by atoms with Gasteiger partial charge in [-0.2, -0.15) is 0 Å². The molecule has 0 aliphatic rings. The van der Waals surface area contributed by atoms with Crippen molar-refractivity contribution < 1.29 is 9.90 Å². The first-order valence-electron chi connectivity index (χ1n) is 8.20. The van der Waals surface area contributed by atoms with Crippen molar-refractivity contribution in [2.45, 2.75) is 6.42 Å². The van der Waals surface area contributed by atoms with Crippen LogP contribution in [-0.2, 0) is 11.2 Å². The molecule has 0 aliphatic heterocycles. The Bertz CT molecular complexity index is 1120. The van der Waals surface area contributed by atoms with Crippen molar-refractivity contribution in [3.05, 3.63) is 65.7 Å². The van der Waals surface area contributed by atoms with E-state index in [1.165, 1.54) is 11.3 Å². The largest absolute Gasteiger partial charge is 0.493 e. The summed E-state index contributed by atoms with van der Waals surface area (Å²) in [7, 11) is 0. The zero-order valence-corrected chi connectivity index (χ0v) is 14.9. The minimum Gasteiger partial charge on any atom is -0.493 e. The van der Waals surface area contributed by atoms with Crippen LogP contribution in [0.2, 0.25) is 0 Å². The number of benzene rings is 2. The van der Waals surface area contributed by atoms with E-state index in [0.29, 0.717) is 16.5 Å². The normalized spacial score (nSPS) is 11.3. The Balaban J connectivity index is 1.45. The maximum atomic E-state index is 12.1. The van der Waals surface area contributed by atoms with Gasteiger partial charge < -0.3 is 15.4 Å². The number of rotatable bonds is 5. The molecule has 0 unspecified atom stereocenters. The Hall–Kier alpha value is -3.52. The van der Waals surface area contributed by atoms with Gasteiger partial charge in [0.25, 0.3) is 0 Å². The lowest BCUT2D eigenvalue weighted by molar-refractivity contribution is -0.115. The number of fused-ring (bicyclic) bond motifs is 1. The van der Waals surface area contributed by atoms with Gasteiger partial charge in [-0.15, -0.1) is 21.6 Å². The number of aromatic nitrogens is 2. The zero-order valence-electron chi connectivity index (χ0n) is 14.1. The third-order valence-corrected chi connectivity index (χ3v) is 4.61. The predicted octanol–water partition coefficient (Wildman–Crippen LogP) is 4.93. The topological polar surface area (TPSA) is 103 Å². The summed E-state index contributed by atoms with van der Waals surface area (Å²) >= 11 is 1.29. The van der Waals surface area contributed by atoms with E-state index in [1.54, 1.807) is 5.38 Å². The SMILES string of the molecule is O=C(Cc1csc(N=Nc2c(O)[nH]c3ccccc23)n1)Nc1ccccc1. The van der Waals surface area contributed by atoms with Gasteiger partial charge in [0.05, 0.1) is 17.6 Å². The number of anilines is 1. The fourth-order valence-corrected chi connectivity index (χ4v) is 3.26. The molecule has 0 fully saturated rings. The number of H-pyrrole nitrogens is 1. The van der Waals surface area contributed by atoms with Crippen LogP contribution < -0.4 is 5.32 Å². The molecule has 0 radical (unpaired) electrons. The van der Waals surface area contributed by atoms with Crippen LogP contribution in [0.1, 0.15) is 5.69 Å². The lowest BCUT2D eigenvalue weighted by Crippen LogP contribution is -2.14. The molecular weight excluding hydrogens is 362 g/mol. The summed E-state index contributed by atoms with van der Waals surface area (Å²) in [6.45, 7) is 0. The molecular formula is C19H15N5O2S. The average molecular weight is 377 g/mol. The number of nitrogens with one attached hydrogen (secondary N) is 2. The molecule has 3 N–H and O–H groups in total. The van der Waals surface area contributed by atoms with E-state index in [2.05, 4.69) is 25.5 Å². The number of hydrogen-bond donors (Lipinski definition) is 3.